The van der Waals surface area contributed by atoms with Crippen molar-refractivity contribution in [3.05, 3.63) is 17.5 Å². The third-order valence-electron chi connectivity index (χ3n) is 2.29. The Hall–Kier alpha value is -0.840. The lowest BCUT2D eigenvalue weighted by Crippen LogP contribution is -2.25. The summed E-state index contributed by atoms with van der Waals surface area (Å²) in [5.41, 5.74) is 2.21. The predicted octanol–water partition coefficient (Wildman–Crippen LogP) is 1.79. The molecule has 0 aliphatic carbocycles. The molecule has 0 spiro atoms. The lowest BCUT2D eigenvalue weighted by Gasteiger charge is -2.05. The highest BCUT2D eigenvalue weighted by molar-refractivity contribution is 9.09. The van der Waals surface area contributed by atoms with E-state index in [-0.39, 0.29) is 5.91 Å². The minimum absolute atomic E-state index is 0.102. The average molecular weight is 288 g/mol. The molecule has 1 rings (SSSR count). The van der Waals surface area contributed by atoms with Gasteiger partial charge in [-0.15, -0.1) is 0 Å². The third-order valence-corrected chi connectivity index (χ3v) is 2.69. The summed E-state index contributed by atoms with van der Waals surface area (Å²) in [6.07, 6.45) is 1.45. The fourth-order valence-electron chi connectivity index (χ4n) is 1.53. The van der Waals surface area contributed by atoms with Crippen molar-refractivity contribution in [2.75, 3.05) is 11.9 Å². The van der Waals surface area contributed by atoms with Gasteiger partial charge in [0.1, 0.15) is 0 Å². The molecule has 16 heavy (non-hydrogen) atoms. The van der Waals surface area contributed by atoms with Crippen LogP contribution in [0.3, 0.4) is 0 Å². The van der Waals surface area contributed by atoms with Gasteiger partial charge in [0.25, 0.3) is 0 Å². The van der Waals surface area contributed by atoms with Crippen molar-refractivity contribution in [2.45, 2.75) is 33.2 Å². The summed E-state index contributed by atoms with van der Waals surface area (Å²) in [4.78, 5) is 11.2. The van der Waals surface area contributed by atoms with Crippen molar-refractivity contribution in [3.8, 4) is 0 Å². The maximum atomic E-state index is 11.2. The van der Waals surface area contributed by atoms with E-state index < -0.39 is 0 Å². The number of carbonyl (C=O) groups excluding carboxylic acids is 1. The van der Waals surface area contributed by atoms with Crippen LogP contribution in [0.25, 0.3) is 0 Å². The Balaban J connectivity index is 2.21. The van der Waals surface area contributed by atoms with Crippen LogP contribution < -0.4 is 5.32 Å². The number of nitrogens with zero attached hydrogens (tertiary/aromatic N) is 2. The van der Waals surface area contributed by atoms with Gasteiger partial charge in [-0.2, -0.15) is 5.10 Å². The number of aromatic nitrogens is 2. The van der Waals surface area contributed by atoms with Gasteiger partial charge in [0.15, 0.2) is 0 Å². The zero-order valence-electron chi connectivity index (χ0n) is 9.79. The molecule has 1 N–H and O–H groups in total. The Labute approximate surface area is 105 Å². The number of halogens is 1. The molecule has 0 fully saturated rings. The second-order valence-corrected chi connectivity index (χ2v) is 4.59. The number of nitrogens with one attached hydrogen (secondary N) is 1. The maximum absolute atomic E-state index is 11.2. The quantitative estimate of drug-likeness (QED) is 0.641. The molecule has 1 aromatic rings. The number of hydrogen-bond donors (Lipinski definition) is 1. The largest absolute Gasteiger partial charge is 0.356 e. The lowest BCUT2D eigenvalue weighted by atomic mass is 10.3. The van der Waals surface area contributed by atoms with Gasteiger partial charge in [0.05, 0.1) is 5.69 Å². The summed E-state index contributed by atoms with van der Waals surface area (Å²) >= 11 is 3.23. The van der Waals surface area contributed by atoms with Crippen molar-refractivity contribution >= 4 is 21.8 Å². The minimum Gasteiger partial charge on any atom is -0.356 e. The molecular formula is C11H18BrN3O. The van der Waals surface area contributed by atoms with Gasteiger partial charge in [0.2, 0.25) is 5.91 Å². The van der Waals surface area contributed by atoms with Crippen LogP contribution in [0.15, 0.2) is 6.07 Å². The predicted molar refractivity (Wildman–Crippen MR) is 67.7 cm³/mol. The number of alkyl halides is 1. The molecular weight excluding hydrogens is 270 g/mol. The summed E-state index contributed by atoms with van der Waals surface area (Å²) < 4.78 is 1.98. The molecule has 4 nitrogen and oxygen atoms in total. The SMILES string of the molecule is Cc1cc(C)n(CCCNC(=O)CCBr)n1. The second-order valence-electron chi connectivity index (χ2n) is 3.79. The molecule has 1 aromatic heterocycles. The van der Waals surface area contributed by atoms with Gasteiger partial charge < -0.3 is 5.32 Å². The topological polar surface area (TPSA) is 46.9 Å². The van der Waals surface area contributed by atoms with Gasteiger partial charge in [-0.25, -0.2) is 0 Å². The van der Waals surface area contributed by atoms with E-state index in [9.17, 15) is 4.79 Å². The van der Waals surface area contributed by atoms with Crippen molar-refractivity contribution in [2.24, 2.45) is 0 Å². The zero-order chi connectivity index (χ0) is 12.0. The number of carbonyl (C=O) groups is 1. The van der Waals surface area contributed by atoms with Gasteiger partial charge in [-0.1, -0.05) is 15.9 Å². The summed E-state index contributed by atoms with van der Waals surface area (Å²) in [6, 6.07) is 2.06. The summed E-state index contributed by atoms with van der Waals surface area (Å²) in [5, 5.41) is 7.95. The van der Waals surface area contributed by atoms with Crippen LogP contribution in [-0.2, 0) is 11.3 Å². The standard InChI is InChI=1S/C11H18BrN3O/c1-9-8-10(2)15(14-9)7-3-6-13-11(16)4-5-12/h8H,3-7H2,1-2H3,(H,13,16). The normalized spacial score (nSPS) is 10.4. The van der Waals surface area contributed by atoms with Gasteiger partial charge in [-0.05, 0) is 26.3 Å². The molecule has 0 unspecified atom stereocenters. The van der Waals surface area contributed by atoms with E-state index in [1.807, 2.05) is 18.5 Å². The highest BCUT2D eigenvalue weighted by atomic mass is 79.9. The Morgan fingerprint density at radius 2 is 2.31 bits per heavy atom. The first kappa shape index (κ1) is 13.2. The number of hydrogen-bond acceptors (Lipinski definition) is 2. The van der Waals surface area contributed by atoms with Gasteiger partial charge in [0, 0.05) is 30.5 Å². The number of amides is 1. The third kappa shape index (κ3) is 4.35. The van der Waals surface area contributed by atoms with Crippen LogP contribution in [0.1, 0.15) is 24.2 Å². The molecule has 0 aromatic carbocycles. The first-order chi connectivity index (χ1) is 7.63. The van der Waals surface area contributed by atoms with Crippen molar-refractivity contribution in [1.82, 2.24) is 15.1 Å². The Kier molecular flexibility index (Phi) is 5.52. The number of rotatable bonds is 6. The highest BCUT2D eigenvalue weighted by Crippen LogP contribution is 2.02. The summed E-state index contributed by atoms with van der Waals surface area (Å²) in [6.45, 7) is 5.60. The molecule has 1 amide bonds. The molecule has 1 heterocycles. The Morgan fingerprint density at radius 3 is 2.88 bits per heavy atom. The van der Waals surface area contributed by atoms with E-state index in [0.717, 1.165) is 24.0 Å². The Bertz CT molecular complexity index is 349. The van der Waals surface area contributed by atoms with Crippen LogP contribution in [0, 0.1) is 13.8 Å². The average Bonchev–Trinajstić information content (AvgIpc) is 2.53. The van der Waals surface area contributed by atoms with E-state index in [1.165, 1.54) is 5.69 Å². The highest BCUT2D eigenvalue weighted by Gasteiger charge is 2.01. The molecule has 0 radical (unpaired) electrons. The van der Waals surface area contributed by atoms with Crippen LogP contribution >= 0.6 is 15.9 Å². The molecule has 0 aliphatic rings. The molecule has 0 aliphatic heterocycles. The van der Waals surface area contributed by atoms with E-state index in [0.29, 0.717) is 13.0 Å². The van der Waals surface area contributed by atoms with E-state index in [2.05, 4.69) is 32.4 Å². The van der Waals surface area contributed by atoms with Crippen LogP contribution in [-0.4, -0.2) is 27.6 Å². The molecule has 0 bridgehead atoms. The number of aryl methyl sites for hydroxylation is 3. The first-order valence-corrected chi connectivity index (χ1v) is 6.59. The molecule has 0 saturated heterocycles. The van der Waals surface area contributed by atoms with Crippen LogP contribution in [0.4, 0.5) is 0 Å². The fourth-order valence-corrected chi connectivity index (χ4v) is 1.89. The lowest BCUT2D eigenvalue weighted by molar-refractivity contribution is -0.120. The molecule has 0 atom stereocenters. The first-order valence-electron chi connectivity index (χ1n) is 5.47. The van der Waals surface area contributed by atoms with Crippen molar-refractivity contribution < 1.29 is 4.79 Å². The van der Waals surface area contributed by atoms with Gasteiger partial charge >= 0.3 is 0 Å². The summed E-state index contributed by atoms with van der Waals surface area (Å²) in [5.74, 6) is 0.102. The van der Waals surface area contributed by atoms with Crippen LogP contribution in [0.5, 0.6) is 0 Å². The van der Waals surface area contributed by atoms with Crippen LogP contribution in [0.2, 0.25) is 0 Å². The van der Waals surface area contributed by atoms with E-state index >= 15 is 0 Å². The summed E-state index contributed by atoms with van der Waals surface area (Å²) in [7, 11) is 0. The maximum Gasteiger partial charge on any atom is 0.220 e. The van der Waals surface area contributed by atoms with Crippen molar-refractivity contribution in [1.29, 1.82) is 0 Å². The Morgan fingerprint density at radius 1 is 1.56 bits per heavy atom. The van der Waals surface area contributed by atoms with Gasteiger partial charge in [-0.3, -0.25) is 9.48 Å². The molecule has 0 saturated carbocycles. The second kappa shape index (κ2) is 6.68. The fraction of sp³-hybridized carbons (Fsp3) is 0.636. The van der Waals surface area contributed by atoms with E-state index in [1.54, 1.807) is 0 Å². The van der Waals surface area contributed by atoms with E-state index in [4.69, 9.17) is 0 Å². The zero-order valence-corrected chi connectivity index (χ0v) is 11.4. The molecule has 5 heteroatoms. The monoisotopic (exact) mass is 287 g/mol. The smallest absolute Gasteiger partial charge is 0.220 e. The van der Waals surface area contributed by atoms with Crippen molar-refractivity contribution in [3.63, 3.8) is 0 Å². The molecule has 90 valence electrons. The minimum atomic E-state index is 0.102.